The van der Waals surface area contributed by atoms with E-state index < -0.39 is 16.7 Å². The van der Waals surface area contributed by atoms with Crippen molar-refractivity contribution in [3.63, 3.8) is 0 Å². The first-order valence-electron chi connectivity index (χ1n) is 4.38. The van der Waals surface area contributed by atoms with Crippen molar-refractivity contribution in [1.29, 1.82) is 0 Å². The van der Waals surface area contributed by atoms with Crippen LogP contribution in [0, 0.1) is 10.1 Å². The van der Waals surface area contributed by atoms with Crippen LogP contribution in [0.2, 0.25) is 0 Å². The van der Waals surface area contributed by atoms with Gasteiger partial charge in [0.15, 0.2) is 0 Å². The zero-order chi connectivity index (χ0) is 12.3. The average molecular weight is 229 g/mol. The first-order valence-corrected chi connectivity index (χ1v) is 4.38. The second-order valence-corrected chi connectivity index (χ2v) is 3.92. The van der Waals surface area contributed by atoms with Gasteiger partial charge < -0.3 is 19.6 Å². The maximum Gasteiger partial charge on any atom is 0.515 e. The molecule has 88 valence electrons. The molecule has 1 aromatic heterocycles. The van der Waals surface area contributed by atoms with Crippen LogP contribution >= 0.6 is 0 Å². The Balaban J connectivity index is 2.60. The molecule has 0 saturated heterocycles. The molecule has 8 heteroatoms. The second kappa shape index (κ2) is 4.17. The number of H-pyrrole nitrogens is 1. The monoisotopic (exact) mass is 229 g/mol. The molecule has 0 unspecified atom stereocenters. The molecule has 0 amide bonds. The molecule has 0 fully saturated rings. The number of rotatable bonds is 2. The largest absolute Gasteiger partial charge is 0.515 e. The molecular formula is C8H11N3O5. The molecule has 0 aromatic carbocycles. The fourth-order valence-electron chi connectivity index (χ4n) is 0.796. The lowest BCUT2D eigenvalue weighted by Crippen LogP contribution is -2.26. The maximum absolute atomic E-state index is 11.1. The van der Waals surface area contributed by atoms with Crippen molar-refractivity contribution in [3.8, 4) is 5.88 Å². The number of hydrogen-bond donors (Lipinski definition) is 1. The van der Waals surface area contributed by atoms with Gasteiger partial charge >= 0.3 is 12.0 Å². The van der Waals surface area contributed by atoms with E-state index in [9.17, 15) is 14.9 Å². The Labute approximate surface area is 90.7 Å². The minimum Gasteiger partial charge on any atom is -0.428 e. The summed E-state index contributed by atoms with van der Waals surface area (Å²) in [6.45, 7) is 5.00. The molecule has 1 aromatic rings. The third-order valence-electron chi connectivity index (χ3n) is 1.31. The Kier molecular flexibility index (Phi) is 3.11. The second-order valence-electron chi connectivity index (χ2n) is 3.92. The first kappa shape index (κ1) is 12.0. The Morgan fingerprint density at radius 2 is 2.19 bits per heavy atom. The van der Waals surface area contributed by atoms with Gasteiger partial charge in [-0.15, -0.1) is 5.10 Å². The van der Waals surface area contributed by atoms with Gasteiger partial charge in [-0.3, -0.25) is 0 Å². The van der Waals surface area contributed by atoms with E-state index in [4.69, 9.17) is 4.74 Å². The quantitative estimate of drug-likeness (QED) is 0.469. The minimum absolute atomic E-state index is 0.207. The number of nitrogens with zero attached hydrogens (tertiary/aromatic N) is 2. The van der Waals surface area contributed by atoms with Gasteiger partial charge in [-0.1, -0.05) is 0 Å². The molecule has 0 aliphatic carbocycles. The van der Waals surface area contributed by atoms with Gasteiger partial charge in [0, 0.05) is 0 Å². The van der Waals surface area contributed by atoms with Crippen LogP contribution in [0.15, 0.2) is 6.07 Å². The van der Waals surface area contributed by atoms with Crippen LogP contribution in [0.25, 0.3) is 0 Å². The van der Waals surface area contributed by atoms with Crippen LogP contribution in [0.5, 0.6) is 5.88 Å². The van der Waals surface area contributed by atoms with Gasteiger partial charge in [0.1, 0.15) is 11.7 Å². The Morgan fingerprint density at radius 1 is 1.56 bits per heavy atom. The Morgan fingerprint density at radius 3 is 2.62 bits per heavy atom. The summed E-state index contributed by atoms with van der Waals surface area (Å²) in [7, 11) is 0. The number of carbonyl (C=O) groups excluding carboxylic acids is 1. The van der Waals surface area contributed by atoms with Crippen molar-refractivity contribution in [2.75, 3.05) is 0 Å². The molecule has 0 aliphatic rings. The lowest BCUT2D eigenvalue weighted by atomic mass is 10.2. The first-order chi connectivity index (χ1) is 7.28. The van der Waals surface area contributed by atoms with E-state index in [0.717, 1.165) is 6.07 Å². The third kappa shape index (κ3) is 3.56. The van der Waals surface area contributed by atoms with E-state index in [-0.39, 0.29) is 11.7 Å². The van der Waals surface area contributed by atoms with Gasteiger partial charge in [-0.2, -0.15) is 0 Å². The molecule has 1 N–H and O–H groups in total. The number of aromatic nitrogens is 2. The number of hydrogen-bond acceptors (Lipinski definition) is 6. The topological polar surface area (TPSA) is 107 Å². The van der Waals surface area contributed by atoms with E-state index in [0.29, 0.717) is 0 Å². The van der Waals surface area contributed by atoms with Gasteiger partial charge in [-0.05, 0) is 30.8 Å². The smallest absolute Gasteiger partial charge is 0.428 e. The van der Waals surface area contributed by atoms with Crippen molar-refractivity contribution in [3.05, 3.63) is 16.2 Å². The number of ether oxygens (including phenoxy) is 2. The van der Waals surface area contributed by atoms with Crippen LogP contribution in [-0.4, -0.2) is 26.9 Å². The maximum atomic E-state index is 11.1. The molecular weight excluding hydrogens is 218 g/mol. The fourth-order valence-corrected chi connectivity index (χ4v) is 0.796. The van der Waals surface area contributed by atoms with Crippen molar-refractivity contribution in [2.24, 2.45) is 0 Å². The van der Waals surface area contributed by atoms with E-state index >= 15 is 0 Å². The summed E-state index contributed by atoms with van der Waals surface area (Å²) in [5, 5.41) is 15.8. The van der Waals surface area contributed by atoms with Crippen LogP contribution < -0.4 is 4.74 Å². The van der Waals surface area contributed by atoms with E-state index in [1.54, 1.807) is 20.8 Å². The zero-order valence-corrected chi connectivity index (χ0v) is 9.01. The summed E-state index contributed by atoms with van der Waals surface area (Å²) in [4.78, 5) is 20.7. The van der Waals surface area contributed by atoms with Crippen LogP contribution in [0.4, 0.5) is 10.6 Å². The highest BCUT2D eigenvalue weighted by atomic mass is 16.7. The predicted octanol–water partition coefficient (Wildman–Crippen LogP) is 1.63. The van der Waals surface area contributed by atoms with Gasteiger partial charge in [-0.25, -0.2) is 4.79 Å². The van der Waals surface area contributed by atoms with Crippen LogP contribution in [0.3, 0.4) is 0 Å². The molecule has 1 heterocycles. The SMILES string of the molecule is CC(C)(C)OC(=O)Oc1cc([N+](=O)[O-])[nH]n1. The minimum atomic E-state index is -0.964. The van der Waals surface area contributed by atoms with Crippen LogP contribution in [0.1, 0.15) is 20.8 Å². The van der Waals surface area contributed by atoms with E-state index in [1.807, 2.05) is 0 Å². The average Bonchev–Trinajstić information content (AvgIpc) is 2.48. The van der Waals surface area contributed by atoms with Gasteiger partial charge in [0.2, 0.25) is 0 Å². The highest BCUT2D eigenvalue weighted by Crippen LogP contribution is 2.16. The number of aromatic amines is 1. The highest BCUT2D eigenvalue weighted by Gasteiger charge is 2.20. The van der Waals surface area contributed by atoms with Crippen molar-refractivity contribution in [1.82, 2.24) is 10.2 Å². The summed E-state index contributed by atoms with van der Waals surface area (Å²) in [5.74, 6) is -0.570. The molecule has 0 atom stereocenters. The highest BCUT2D eigenvalue weighted by molar-refractivity contribution is 5.63. The lowest BCUT2D eigenvalue weighted by Gasteiger charge is -2.17. The predicted molar refractivity (Wildman–Crippen MR) is 52.1 cm³/mol. The Bertz CT molecular complexity index is 406. The summed E-state index contributed by atoms with van der Waals surface area (Å²) in [6, 6.07) is 0.990. The normalized spacial score (nSPS) is 10.9. The standard InChI is InChI=1S/C8H11N3O5/c1-8(2,3)16-7(12)15-6-4-5(9-10-6)11(13)14/h4H,1-3H3,(H,9,10). The molecule has 16 heavy (non-hydrogen) atoms. The summed E-state index contributed by atoms with van der Waals surface area (Å²) >= 11 is 0. The Hall–Kier alpha value is -2.12. The summed E-state index contributed by atoms with van der Waals surface area (Å²) < 4.78 is 9.44. The summed E-state index contributed by atoms with van der Waals surface area (Å²) in [6.07, 6.45) is -0.964. The zero-order valence-electron chi connectivity index (χ0n) is 9.01. The van der Waals surface area contributed by atoms with E-state index in [2.05, 4.69) is 14.9 Å². The summed E-state index contributed by atoms with van der Waals surface area (Å²) in [5.41, 5.74) is -0.695. The van der Waals surface area contributed by atoms with Crippen molar-refractivity contribution in [2.45, 2.75) is 26.4 Å². The molecule has 1 rings (SSSR count). The molecule has 0 saturated carbocycles. The fraction of sp³-hybridized carbons (Fsp3) is 0.500. The molecule has 0 bridgehead atoms. The number of nitrogens with one attached hydrogen (secondary N) is 1. The van der Waals surface area contributed by atoms with Crippen molar-refractivity contribution < 1.29 is 19.2 Å². The third-order valence-corrected chi connectivity index (χ3v) is 1.31. The molecule has 8 nitrogen and oxygen atoms in total. The number of nitro groups is 1. The molecule has 0 spiro atoms. The number of carbonyl (C=O) groups is 1. The van der Waals surface area contributed by atoms with E-state index in [1.165, 1.54) is 0 Å². The lowest BCUT2D eigenvalue weighted by molar-refractivity contribution is -0.389. The molecule has 0 radical (unpaired) electrons. The van der Waals surface area contributed by atoms with Crippen molar-refractivity contribution >= 4 is 12.0 Å². The van der Waals surface area contributed by atoms with Gasteiger partial charge in [0.25, 0.3) is 5.88 Å². The van der Waals surface area contributed by atoms with Gasteiger partial charge in [0.05, 0.1) is 0 Å². The molecule has 0 aliphatic heterocycles. The van der Waals surface area contributed by atoms with Crippen LogP contribution in [-0.2, 0) is 4.74 Å².